The molecule has 0 unspecified atom stereocenters. The molecule has 11 heteroatoms. The maximum atomic E-state index is 13.4. The fraction of sp³-hybridized carbons (Fsp3) is 0.515. The van der Waals surface area contributed by atoms with Gasteiger partial charge in [0.05, 0.1) is 40.2 Å². The van der Waals surface area contributed by atoms with E-state index < -0.39 is 12.0 Å². The van der Waals surface area contributed by atoms with Gasteiger partial charge in [-0.25, -0.2) is 4.79 Å². The molecule has 0 spiro atoms. The molecule has 0 saturated heterocycles. The first-order chi connectivity index (χ1) is 21.1. The number of carbonyl (C=O) groups is 3. The zero-order chi connectivity index (χ0) is 32.4. The standard InChI is InChI=1S/C33H45N3O8/c1-19(2)30(33(40)44-7)36-28(39)11-9-8-10-16-34-25-15-13-22-23(18-26(25)38)24(35-20(3)37)14-12-21-17-27(41-4)31(42-5)32(43-6)29(21)22/h13,15,17-19,24,30H,8-12,14,16H2,1-7H3,(H,34,38)(H,35,37)(H,36,39)/t24-,30-/m1/s1. The monoisotopic (exact) mass is 611 g/mol. The van der Waals surface area contributed by atoms with Gasteiger partial charge < -0.3 is 34.9 Å². The van der Waals surface area contributed by atoms with Crippen molar-refractivity contribution < 1.29 is 33.3 Å². The molecule has 11 nitrogen and oxygen atoms in total. The Labute approximate surface area is 259 Å². The van der Waals surface area contributed by atoms with Gasteiger partial charge in [-0.3, -0.25) is 14.4 Å². The highest BCUT2D eigenvalue weighted by molar-refractivity contribution is 5.85. The number of benzene rings is 1. The van der Waals surface area contributed by atoms with Crippen LogP contribution in [0.1, 0.15) is 70.0 Å². The minimum Gasteiger partial charge on any atom is -0.493 e. The minimum atomic E-state index is -0.668. The lowest BCUT2D eigenvalue weighted by Crippen LogP contribution is -2.44. The third kappa shape index (κ3) is 8.21. The molecule has 44 heavy (non-hydrogen) atoms. The lowest BCUT2D eigenvalue weighted by Gasteiger charge is -2.19. The molecule has 240 valence electrons. The average Bonchev–Trinajstić information content (AvgIpc) is 3.24. The highest BCUT2D eigenvalue weighted by atomic mass is 16.5. The largest absolute Gasteiger partial charge is 0.493 e. The van der Waals surface area contributed by atoms with Crippen molar-refractivity contribution in [1.29, 1.82) is 0 Å². The number of carbonyl (C=O) groups excluding carboxylic acids is 3. The van der Waals surface area contributed by atoms with Crippen LogP contribution in [-0.2, 0) is 25.5 Å². The number of esters is 1. The van der Waals surface area contributed by atoms with Crippen molar-refractivity contribution in [2.45, 2.75) is 71.4 Å². The highest BCUT2D eigenvalue weighted by Crippen LogP contribution is 2.50. The Balaban J connectivity index is 1.80. The van der Waals surface area contributed by atoms with Crippen LogP contribution in [0.5, 0.6) is 17.2 Å². The summed E-state index contributed by atoms with van der Waals surface area (Å²) in [5, 5.41) is 9.00. The van der Waals surface area contributed by atoms with E-state index in [1.165, 1.54) is 14.0 Å². The highest BCUT2D eigenvalue weighted by Gasteiger charge is 2.29. The van der Waals surface area contributed by atoms with Gasteiger partial charge in [0.1, 0.15) is 6.04 Å². The second-order valence-corrected chi connectivity index (χ2v) is 11.1. The molecule has 0 heterocycles. The number of anilines is 1. The predicted molar refractivity (Wildman–Crippen MR) is 168 cm³/mol. The van der Waals surface area contributed by atoms with E-state index in [2.05, 4.69) is 16.0 Å². The van der Waals surface area contributed by atoms with Gasteiger partial charge in [-0.1, -0.05) is 26.3 Å². The van der Waals surface area contributed by atoms with Crippen molar-refractivity contribution in [1.82, 2.24) is 10.6 Å². The molecule has 2 amide bonds. The molecular formula is C33H45N3O8. The van der Waals surface area contributed by atoms with Crippen molar-refractivity contribution >= 4 is 23.5 Å². The maximum Gasteiger partial charge on any atom is 0.328 e. The summed E-state index contributed by atoms with van der Waals surface area (Å²) in [6.45, 7) is 5.69. The number of aryl methyl sites for hydroxylation is 1. The normalized spacial score (nSPS) is 14.3. The Bertz CT molecular complexity index is 1410. The number of methoxy groups -OCH3 is 4. The summed E-state index contributed by atoms with van der Waals surface area (Å²) in [6.07, 6.45) is 3.62. The predicted octanol–water partition coefficient (Wildman–Crippen LogP) is 4.15. The number of hydrogen-bond donors (Lipinski definition) is 3. The number of unbranched alkanes of at least 4 members (excludes halogenated alkanes) is 2. The van der Waals surface area contributed by atoms with Crippen LogP contribution < -0.4 is 35.6 Å². The molecule has 0 radical (unpaired) electrons. The third-order valence-electron chi connectivity index (χ3n) is 7.75. The first-order valence-corrected chi connectivity index (χ1v) is 14.9. The average molecular weight is 612 g/mol. The first kappa shape index (κ1) is 34.2. The van der Waals surface area contributed by atoms with Gasteiger partial charge in [0.25, 0.3) is 0 Å². The van der Waals surface area contributed by atoms with Crippen LogP contribution in [0, 0.1) is 5.92 Å². The number of amides is 2. The summed E-state index contributed by atoms with van der Waals surface area (Å²) in [5.74, 6) is 0.564. The molecule has 3 rings (SSSR count). The maximum absolute atomic E-state index is 13.4. The SMILES string of the molecule is COC(=O)[C@H](NC(=O)CCCCCNc1ccc2c(cc1=O)[C@H](NC(C)=O)CCc1cc(OC)c(OC)c(OC)c1-2)C(C)C. The quantitative estimate of drug-likeness (QED) is 0.212. The molecule has 0 fully saturated rings. The van der Waals surface area contributed by atoms with Crippen LogP contribution in [0.2, 0.25) is 0 Å². The third-order valence-corrected chi connectivity index (χ3v) is 7.75. The summed E-state index contributed by atoms with van der Waals surface area (Å²) in [5.41, 5.74) is 3.43. The van der Waals surface area contributed by atoms with Crippen molar-refractivity contribution in [2.24, 2.45) is 5.92 Å². The van der Waals surface area contributed by atoms with Crippen LogP contribution in [-0.4, -0.2) is 58.8 Å². The molecule has 0 bridgehead atoms. The lowest BCUT2D eigenvalue weighted by molar-refractivity contribution is -0.146. The van der Waals surface area contributed by atoms with Crippen LogP contribution in [0.3, 0.4) is 0 Å². The summed E-state index contributed by atoms with van der Waals surface area (Å²) in [6, 6.07) is 6.08. The zero-order valence-electron chi connectivity index (χ0n) is 26.8. The van der Waals surface area contributed by atoms with E-state index in [1.54, 1.807) is 33.5 Å². The minimum absolute atomic E-state index is 0.0768. The molecule has 1 aliphatic carbocycles. The summed E-state index contributed by atoms with van der Waals surface area (Å²) >= 11 is 0. The second kappa shape index (κ2) is 16.0. The van der Waals surface area contributed by atoms with Gasteiger partial charge in [0.2, 0.25) is 23.0 Å². The molecule has 2 aromatic carbocycles. The van der Waals surface area contributed by atoms with Gasteiger partial charge in [-0.15, -0.1) is 0 Å². The van der Waals surface area contributed by atoms with E-state index in [4.69, 9.17) is 18.9 Å². The Kier molecular flexibility index (Phi) is 12.4. The smallest absolute Gasteiger partial charge is 0.328 e. The van der Waals surface area contributed by atoms with Crippen molar-refractivity contribution in [3.8, 4) is 28.4 Å². The van der Waals surface area contributed by atoms with Gasteiger partial charge in [0, 0.05) is 25.5 Å². The van der Waals surface area contributed by atoms with Gasteiger partial charge in [-0.05, 0) is 66.5 Å². The second-order valence-electron chi connectivity index (χ2n) is 11.1. The fourth-order valence-corrected chi connectivity index (χ4v) is 5.53. The summed E-state index contributed by atoms with van der Waals surface area (Å²) < 4.78 is 21.8. The van der Waals surface area contributed by atoms with Crippen molar-refractivity contribution in [3.63, 3.8) is 0 Å². The summed E-state index contributed by atoms with van der Waals surface area (Å²) in [4.78, 5) is 49.8. The topological polar surface area (TPSA) is 141 Å². The first-order valence-electron chi connectivity index (χ1n) is 14.9. The van der Waals surface area contributed by atoms with E-state index in [1.807, 2.05) is 26.0 Å². The Hall–Kier alpha value is -4.28. The van der Waals surface area contributed by atoms with Crippen LogP contribution in [0.25, 0.3) is 11.1 Å². The number of nitrogens with one attached hydrogen (secondary N) is 3. The van der Waals surface area contributed by atoms with Gasteiger partial charge in [0.15, 0.2) is 11.5 Å². The number of fused-ring (bicyclic) bond motifs is 3. The van der Waals surface area contributed by atoms with E-state index in [9.17, 15) is 19.2 Å². The Morgan fingerprint density at radius 1 is 0.955 bits per heavy atom. The van der Waals surface area contributed by atoms with Crippen LogP contribution in [0.4, 0.5) is 5.69 Å². The van der Waals surface area contributed by atoms with E-state index >= 15 is 0 Å². The molecular weight excluding hydrogens is 566 g/mol. The van der Waals surface area contributed by atoms with Crippen molar-refractivity contribution in [3.05, 3.63) is 45.6 Å². The van der Waals surface area contributed by atoms with E-state index in [0.29, 0.717) is 60.7 Å². The van der Waals surface area contributed by atoms with Gasteiger partial charge >= 0.3 is 5.97 Å². The number of hydrogen-bond acceptors (Lipinski definition) is 9. The molecule has 1 aliphatic rings. The van der Waals surface area contributed by atoms with Crippen LogP contribution in [0.15, 0.2) is 29.1 Å². The molecule has 2 aromatic rings. The summed E-state index contributed by atoms with van der Waals surface area (Å²) in [7, 11) is 5.98. The molecule has 2 atom stereocenters. The fourth-order valence-electron chi connectivity index (χ4n) is 5.53. The molecule has 0 aliphatic heterocycles. The van der Waals surface area contributed by atoms with Crippen LogP contribution >= 0.6 is 0 Å². The Morgan fingerprint density at radius 2 is 1.68 bits per heavy atom. The lowest BCUT2D eigenvalue weighted by atomic mass is 9.95. The Morgan fingerprint density at radius 3 is 2.30 bits per heavy atom. The van der Waals surface area contributed by atoms with E-state index in [0.717, 1.165) is 29.5 Å². The van der Waals surface area contributed by atoms with Crippen molar-refractivity contribution in [2.75, 3.05) is 40.3 Å². The molecule has 0 saturated carbocycles. The number of rotatable bonds is 14. The van der Waals surface area contributed by atoms with Gasteiger partial charge in [-0.2, -0.15) is 0 Å². The number of ether oxygens (including phenoxy) is 4. The zero-order valence-corrected chi connectivity index (χ0v) is 26.8. The molecule has 0 aromatic heterocycles. The molecule has 3 N–H and O–H groups in total. The van der Waals surface area contributed by atoms with E-state index in [-0.39, 0.29) is 29.2 Å².